The number of aromatic nitrogens is 2. The summed E-state index contributed by atoms with van der Waals surface area (Å²) in [5.41, 5.74) is 6.23. The van der Waals surface area contributed by atoms with Crippen LogP contribution >= 0.6 is 0 Å². The standard InChI is InChI=1S/C18H22F2N4O2/c1-9-15-12(17(25)22-18(26)24(15)11-2-3-11)6-13(20)16(9)23-5-4-10(8-23)14(21)7-19/h6,10-11,14H,2-5,7-8,21H2,1H3,(H,22,25,26). The van der Waals surface area contributed by atoms with Gasteiger partial charge in [0.1, 0.15) is 12.5 Å². The fourth-order valence-electron chi connectivity index (χ4n) is 4.10. The molecule has 4 rings (SSSR count). The number of nitrogens with two attached hydrogens (primary N) is 1. The van der Waals surface area contributed by atoms with Crippen molar-refractivity contribution in [2.24, 2.45) is 11.7 Å². The van der Waals surface area contributed by atoms with Gasteiger partial charge < -0.3 is 10.6 Å². The van der Waals surface area contributed by atoms with Gasteiger partial charge in [-0.2, -0.15) is 0 Å². The predicted octanol–water partition coefficient (Wildman–Crippen LogP) is 1.60. The number of H-pyrrole nitrogens is 1. The number of rotatable bonds is 4. The van der Waals surface area contributed by atoms with E-state index in [-0.39, 0.29) is 17.3 Å². The molecule has 0 amide bonds. The number of hydrogen-bond donors (Lipinski definition) is 2. The van der Waals surface area contributed by atoms with Crippen molar-refractivity contribution < 1.29 is 8.78 Å². The van der Waals surface area contributed by atoms with Crippen LogP contribution in [0, 0.1) is 18.7 Å². The molecule has 2 unspecified atom stereocenters. The predicted molar refractivity (Wildman–Crippen MR) is 96.1 cm³/mol. The lowest BCUT2D eigenvalue weighted by atomic mass is 10.0. The van der Waals surface area contributed by atoms with E-state index in [4.69, 9.17) is 5.73 Å². The first-order valence-electron chi connectivity index (χ1n) is 8.96. The van der Waals surface area contributed by atoms with Crippen LogP contribution in [0.25, 0.3) is 10.9 Å². The van der Waals surface area contributed by atoms with E-state index >= 15 is 0 Å². The zero-order valence-corrected chi connectivity index (χ0v) is 14.6. The summed E-state index contributed by atoms with van der Waals surface area (Å²) < 4.78 is 29.3. The fourth-order valence-corrected chi connectivity index (χ4v) is 4.10. The largest absolute Gasteiger partial charge is 0.369 e. The molecule has 1 aromatic heterocycles. The molecule has 2 aliphatic rings. The van der Waals surface area contributed by atoms with Gasteiger partial charge in [-0.3, -0.25) is 14.3 Å². The number of halogens is 2. The molecular formula is C18H22F2N4O2. The highest BCUT2D eigenvalue weighted by Crippen LogP contribution is 2.39. The molecule has 1 aliphatic heterocycles. The van der Waals surface area contributed by atoms with Crippen molar-refractivity contribution >= 4 is 16.6 Å². The molecule has 140 valence electrons. The zero-order valence-electron chi connectivity index (χ0n) is 14.6. The fraction of sp³-hybridized carbons (Fsp3) is 0.556. The molecular weight excluding hydrogens is 342 g/mol. The lowest BCUT2D eigenvalue weighted by Crippen LogP contribution is -2.35. The number of nitrogens with zero attached hydrogens (tertiary/aromatic N) is 2. The Morgan fingerprint density at radius 2 is 2.08 bits per heavy atom. The molecule has 3 N–H and O–H groups in total. The molecule has 6 nitrogen and oxygen atoms in total. The average Bonchev–Trinajstić information content (AvgIpc) is 3.32. The van der Waals surface area contributed by atoms with Crippen LogP contribution in [-0.2, 0) is 0 Å². The second kappa shape index (κ2) is 6.19. The molecule has 26 heavy (non-hydrogen) atoms. The average molecular weight is 364 g/mol. The number of benzene rings is 1. The minimum atomic E-state index is -0.603. The highest BCUT2D eigenvalue weighted by molar-refractivity contribution is 5.87. The molecule has 0 spiro atoms. The summed E-state index contributed by atoms with van der Waals surface area (Å²) in [5.74, 6) is -0.546. The van der Waals surface area contributed by atoms with Crippen LogP contribution in [-0.4, -0.2) is 35.4 Å². The van der Waals surface area contributed by atoms with E-state index < -0.39 is 29.8 Å². The summed E-state index contributed by atoms with van der Waals surface area (Å²) in [7, 11) is 0. The first kappa shape index (κ1) is 17.2. The molecule has 2 aromatic rings. The van der Waals surface area contributed by atoms with Crippen molar-refractivity contribution in [2.45, 2.75) is 38.3 Å². The molecule has 1 saturated heterocycles. The first-order chi connectivity index (χ1) is 12.4. The monoisotopic (exact) mass is 364 g/mol. The summed E-state index contributed by atoms with van der Waals surface area (Å²) in [4.78, 5) is 28.7. The Bertz CT molecular complexity index is 980. The van der Waals surface area contributed by atoms with Crippen molar-refractivity contribution in [3.05, 3.63) is 38.3 Å². The minimum absolute atomic E-state index is 0.0423. The Kier molecular flexibility index (Phi) is 4.10. The highest BCUT2D eigenvalue weighted by Gasteiger charge is 2.32. The Balaban J connectivity index is 1.88. The van der Waals surface area contributed by atoms with E-state index in [2.05, 4.69) is 4.98 Å². The molecule has 1 aromatic carbocycles. The smallest absolute Gasteiger partial charge is 0.329 e. The maximum atomic E-state index is 14.9. The third-order valence-corrected chi connectivity index (χ3v) is 5.62. The maximum absolute atomic E-state index is 14.9. The van der Waals surface area contributed by atoms with Crippen LogP contribution in [0.2, 0.25) is 0 Å². The van der Waals surface area contributed by atoms with E-state index in [0.717, 1.165) is 12.8 Å². The number of aryl methyl sites for hydroxylation is 1. The second-order valence-electron chi connectivity index (χ2n) is 7.40. The SMILES string of the molecule is Cc1c(N2CCC(C(N)CF)C2)c(F)cc2c(=O)[nH]c(=O)n(C3CC3)c12. The van der Waals surface area contributed by atoms with Gasteiger partial charge >= 0.3 is 5.69 Å². The first-order valence-corrected chi connectivity index (χ1v) is 8.96. The Hall–Kier alpha value is -2.22. The number of hydrogen-bond acceptors (Lipinski definition) is 4. The summed E-state index contributed by atoms with van der Waals surface area (Å²) in [6.07, 6.45) is 2.42. The topological polar surface area (TPSA) is 84.1 Å². The summed E-state index contributed by atoms with van der Waals surface area (Å²) in [5, 5.41) is 0.187. The molecule has 0 bridgehead atoms. The van der Waals surface area contributed by atoms with Gasteiger partial charge in [0, 0.05) is 30.7 Å². The van der Waals surface area contributed by atoms with Crippen LogP contribution in [0.1, 0.15) is 30.9 Å². The molecule has 1 aliphatic carbocycles. The number of fused-ring (bicyclic) bond motifs is 1. The molecule has 0 radical (unpaired) electrons. The third-order valence-electron chi connectivity index (χ3n) is 5.62. The summed E-state index contributed by atoms with van der Waals surface area (Å²) in [6.45, 7) is 2.17. The van der Waals surface area contributed by atoms with Gasteiger partial charge in [-0.05, 0) is 38.2 Å². The van der Waals surface area contributed by atoms with Crippen LogP contribution < -0.4 is 21.9 Å². The Morgan fingerprint density at radius 3 is 2.73 bits per heavy atom. The van der Waals surface area contributed by atoms with Gasteiger partial charge in [-0.25, -0.2) is 13.6 Å². The van der Waals surface area contributed by atoms with Crippen molar-refractivity contribution in [3.63, 3.8) is 0 Å². The molecule has 2 heterocycles. The molecule has 2 atom stereocenters. The summed E-state index contributed by atoms with van der Waals surface area (Å²) in [6, 6.07) is 0.693. The number of aromatic amines is 1. The van der Waals surface area contributed by atoms with Crippen LogP contribution in [0.15, 0.2) is 15.7 Å². The quantitative estimate of drug-likeness (QED) is 0.863. The highest BCUT2D eigenvalue weighted by atomic mass is 19.1. The molecule has 2 fully saturated rings. The van der Waals surface area contributed by atoms with Crippen LogP contribution in [0.5, 0.6) is 0 Å². The van der Waals surface area contributed by atoms with Gasteiger partial charge in [0.2, 0.25) is 0 Å². The van der Waals surface area contributed by atoms with E-state index in [0.29, 0.717) is 36.3 Å². The van der Waals surface area contributed by atoms with E-state index in [1.54, 1.807) is 11.5 Å². The van der Waals surface area contributed by atoms with Gasteiger partial charge in [0.05, 0.1) is 16.6 Å². The van der Waals surface area contributed by atoms with Gasteiger partial charge in [0.15, 0.2) is 0 Å². The van der Waals surface area contributed by atoms with E-state index in [9.17, 15) is 18.4 Å². The minimum Gasteiger partial charge on any atom is -0.369 e. The third kappa shape index (κ3) is 2.63. The second-order valence-corrected chi connectivity index (χ2v) is 7.40. The van der Waals surface area contributed by atoms with Gasteiger partial charge in [-0.15, -0.1) is 0 Å². The number of nitrogens with one attached hydrogen (secondary N) is 1. The molecule has 1 saturated carbocycles. The van der Waals surface area contributed by atoms with Crippen molar-refractivity contribution in [1.82, 2.24) is 9.55 Å². The van der Waals surface area contributed by atoms with Crippen LogP contribution in [0.3, 0.4) is 0 Å². The zero-order chi connectivity index (χ0) is 18.6. The Morgan fingerprint density at radius 1 is 1.35 bits per heavy atom. The van der Waals surface area contributed by atoms with E-state index in [1.807, 2.05) is 4.90 Å². The van der Waals surface area contributed by atoms with Gasteiger partial charge in [-0.1, -0.05) is 0 Å². The molecule has 8 heteroatoms. The number of anilines is 1. The van der Waals surface area contributed by atoms with E-state index in [1.165, 1.54) is 6.07 Å². The van der Waals surface area contributed by atoms with Crippen molar-refractivity contribution in [1.29, 1.82) is 0 Å². The maximum Gasteiger partial charge on any atom is 0.329 e. The lowest BCUT2D eigenvalue weighted by molar-refractivity contribution is 0.350. The van der Waals surface area contributed by atoms with Crippen LogP contribution in [0.4, 0.5) is 14.5 Å². The number of alkyl halides is 1. The Labute approximate surface area is 148 Å². The van der Waals surface area contributed by atoms with Crippen molar-refractivity contribution in [2.75, 3.05) is 24.7 Å². The lowest BCUT2D eigenvalue weighted by Gasteiger charge is -2.24. The van der Waals surface area contributed by atoms with Gasteiger partial charge in [0.25, 0.3) is 5.56 Å². The summed E-state index contributed by atoms with van der Waals surface area (Å²) >= 11 is 0. The van der Waals surface area contributed by atoms with Crippen molar-refractivity contribution in [3.8, 4) is 0 Å². The normalized spacial score (nSPS) is 21.5.